The Morgan fingerprint density at radius 3 is 2.32 bits per heavy atom. The van der Waals surface area contributed by atoms with Crippen LogP contribution in [0.3, 0.4) is 0 Å². The van der Waals surface area contributed by atoms with Gasteiger partial charge in [0, 0.05) is 11.6 Å². The van der Waals surface area contributed by atoms with Gasteiger partial charge in [0.25, 0.3) is 0 Å². The Labute approximate surface area is 111 Å². The lowest BCUT2D eigenvalue weighted by Crippen LogP contribution is -2.29. The Morgan fingerprint density at radius 1 is 0.842 bits per heavy atom. The van der Waals surface area contributed by atoms with Crippen LogP contribution in [0.2, 0.25) is 0 Å². The molecular weight excluding hydrogens is 237 g/mol. The largest absolute Gasteiger partial charge is 0.488 e. The van der Waals surface area contributed by atoms with Gasteiger partial charge in [-0.1, -0.05) is 36.4 Å². The molecule has 1 aromatic heterocycles. The van der Waals surface area contributed by atoms with E-state index in [2.05, 4.69) is 11.1 Å². The molecule has 0 atom stereocenters. The standard InChI is InChI=1S/C15H12BNO2/c18-16(19)14-6-3-11(4-7-14)12-5-8-15-13(10-12)2-1-9-17-15/h1-10,18-19H. The highest BCUT2D eigenvalue weighted by Crippen LogP contribution is 2.22. The molecule has 0 saturated carbocycles. The summed E-state index contributed by atoms with van der Waals surface area (Å²) in [7, 11) is -1.42. The molecule has 3 nitrogen and oxygen atoms in total. The van der Waals surface area contributed by atoms with Crippen molar-refractivity contribution >= 4 is 23.5 Å². The number of benzene rings is 2. The van der Waals surface area contributed by atoms with Crippen molar-refractivity contribution in [3.8, 4) is 11.1 Å². The van der Waals surface area contributed by atoms with Crippen molar-refractivity contribution in [1.29, 1.82) is 0 Å². The fraction of sp³-hybridized carbons (Fsp3) is 0. The molecule has 0 saturated heterocycles. The fourth-order valence-corrected chi connectivity index (χ4v) is 2.10. The third-order valence-corrected chi connectivity index (χ3v) is 3.15. The first-order chi connectivity index (χ1) is 9.24. The lowest BCUT2D eigenvalue weighted by atomic mass is 9.80. The molecule has 0 aliphatic carbocycles. The number of nitrogens with zero attached hydrogens (tertiary/aromatic N) is 1. The van der Waals surface area contributed by atoms with Crippen LogP contribution in [-0.2, 0) is 0 Å². The second-order valence-corrected chi connectivity index (χ2v) is 4.41. The highest BCUT2D eigenvalue weighted by Gasteiger charge is 2.10. The molecule has 0 fully saturated rings. The first-order valence-electron chi connectivity index (χ1n) is 6.05. The minimum atomic E-state index is -1.42. The van der Waals surface area contributed by atoms with Crippen LogP contribution in [0.4, 0.5) is 0 Å². The molecule has 3 rings (SSSR count). The minimum absolute atomic E-state index is 0.492. The third kappa shape index (κ3) is 2.36. The van der Waals surface area contributed by atoms with Crippen molar-refractivity contribution in [2.24, 2.45) is 0 Å². The van der Waals surface area contributed by atoms with Crippen LogP contribution in [0.25, 0.3) is 22.0 Å². The normalized spacial score (nSPS) is 10.6. The van der Waals surface area contributed by atoms with Gasteiger partial charge in [-0.25, -0.2) is 0 Å². The number of hydrogen-bond donors (Lipinski definition) is 2. The van der Waals surface area contributed by atoms with Crippen molar-refractivity contribution in [2.75, 3.05) is 0 Å². The van der Waals surface area contributed by atoms with Gasteiger partial charge in [0.15, 0.2) is 0 Å². The van der Waals surface area contributed by atoms with Gasteiger partial charge in [0.2, 0.25) is 0 Å². The maximum atomic E-state index is 9.07. The van der Waals surface area contributed by atoms with E-state index < -0.39 is 7.12 Å². The second-order valence-electron chi connectivity index (χ2n) is 4.41. The molecule has 0 radical (unpaired) electrons. The molecule has 2 aromatic carbocycles. The lowest BCUT2D eigenvalue weighted by molar-refractivity contribution is 0.426. The predicted molar refractivity (Wildman–Crippen MR) is 77.0 cm³/mol. The molecule has 92 valence electrons. The van der Waals surface area contributed by atoms with E-state index in [9.17, 15) is 0 Å². The molecular formula is C15H12BNO2. The zero-order valence-corrected chi connectivity index (χ0v) is 10.2. The van der Waals surface area contributed by atoms with Crippen LogP contribution in [0, 0.1) is 0 Å². The Bertz CT molecular complexity index is 711. The quantitative estimate of drug-likeness (QED) is 0.678. The summed E-state index contributed by atoms with van der Waals surface area (Å²) >= 11 is 0. The van der Waals surface area contributed by atoms with Crippen LogP contribution in [0.5, 0.6) is 0 Å². The summed E-state index contributed by atoms with van der Waals surface area (Å²) in [6.07, 6.45) is 1.78. The Kier molecular flexibility index (Phi) is 3.03. The third-order valence-electron chi connectivity index (χ3n) is 3.15. The molecule has 0 spiro atoms. The maximum Gasteiger partial charge on any atom is 0.488 e. The van der Waals surface area contributed by atoms with Gasteiger partial charge >= 0.3 is 7.12 Å². The summed E-state index contributed by atoms with van der Waals surface area (Å²) in [5, 5.41) is 19.2. The topological polar surface area (TPSA) is 53.4 Å². The number of rotatable bonds is 2. The maximum absolute atomic E-state index is 9.07. The Balaban J connectivity index is 2.03. The average molecular weight is 249 g/mol. The zero-order valence-electron chi connectivity index (χ0n) is 10.2. The summed E-state index contributed by atoms with van der Waals surface area (Å²) in [5.41, 5.74) is 3.58. The molecule has 0 aliphatic rings. The van der Waals surface area contributed by atoms with E-state index >= 15 is 0 Å². The highest BCUT2D eigenvalue weighted by molar-refractivity contribution is 6.58. The first-order valence-corrected chi connectivity index (χ1v) is 6.05. The summed E-state index contributed by atoms with van der Waals surface area (Å²) < 4.78 is 0. The average Bonchev–Trinajstić information content (AvgIpc) is 2.47. The SMILES string of the molecule is OB(O)c1ccc(-c2ccc3ncccc3c2)cc1. The van der Waals surface area contributed by atoms with Crippen molar-refractivity contribution in [3.05, 3.63) is 60.8 Å². The number of hydrogen-bond acceptors (Lipinski definition) is 3. The number of aromatic nitrogens is 1. The highest BCUT2D eigenvalue weighted by atomic mass is 16.4. The zero-order chi connectivity index (χ0) is 13.2. The van der Waals surface area contributed by atoms with Crippen molar-refractivity contribution in [3.63, 3.8) is 0 Å². The summed E-state index contributed by atoms with van der Waals surface area (Å²) in [6.45, 7) is 0. The molecule has 3 aromatic rings. The molecule has 4 heteroatoms. The van der Waals surface area contributed by atoms with E-state index in [4.69, 9.17) is 10.0 Å². The van der Waals surface area contributed by atoms with Gasteiger partial charge in [-0.3, -0.25) is 4.98 Å². The molecule has 0 amide bonds. The van der Waals surface area contributed by atoms with E-state index in [0.717, 1.165) is 22.0 Å². The minimum Gasteiger partial charge on any atom is -0.423 e. The van der Waals surface area contributed by atoms with Crippen molar-refractivity contribution in [2.45, 2.75) is 0 Å². The van der Waals surface area contributed by atoms with Gasteiger partial charge in [-0.05, 0) is 34.8 Å². The fourth-order valence-electron chi connectivity index (χ4n) is 2.10. The van der Waals surface area contributed by atoms with Gasteiger partial charge in [-0.2, -0.15) is 0 Å². The summed E-state index contributed by atoms with van der Waals surface area (Å²) in [5.74, 6) is 0. The smallest absolute Gasteiger partial charge is 0.423 e. The molecule has 0 aliphatic heterocycles. The predicted octanol–water partition coefficient (Wildman–Crippen LogP) is 1.58. The van der Waals surface area contributed by atoms with E-state index in [0.29, 0.717) is 5.46 Å². The first kappa shape index (κ1) is 11.9. The van der Waals surface area contributed by atoms with Crippen LogP contribution in [0.15, 0.2) is 60.8 Å². The Hall–Kier alpha value is -2.17. The van der Waals surface area contributed by atoms with Gasteiger partial charge in [0.1, 0.15) is 0 Å². The monoisotopic (exact) mass is 249 g/mol. The second kappa shape index (κ2) is 4.84. The van der Waals surface area contributed by atoms with E-state index in [1.807, 2.05) is 36.4 Å². The van der Waals surface area contributed by atoms with Crippen LogP contribution >= 0.6 is 0 Å². The van der Waals surface area contributed by atoms with Crippen molar-refractivity contribution in [1.82, 2.24) is 4.98 Å². The number of pyridine rings is 1. The van der Waals surface area contributed by atoms with E-state index in [1.165, 1.54) is 0 Å². The molecule has 0 unspecified atom stereocenters. The van der Waals surface area contributed by atoms with Gasteiger partial charge in [-0.15, -0.1) is 0 Å². The van der Waals surface area contributed by atoms with E-state index in [1.54, 1.807) is 18.3 Å². The Morgan fingerprint density at radius 2 is 1.58 bits per heavy atom. The number of fused-ring (bicyclic) bond motifs is 1. The summed E-state index contributed by atoms with van der Waals surface area (Å²) in [6, 6.07) is 17.2. The molecule has 19 heavy (non-hydrogen) atoms. The van der Waals surface area contributed by atoms with Gasteiger partial charge < -0.3 is 10.0 Å². The van der Waals surface area contributed by atoms with E-state index in [-0.39, 0.29) is 0 Å². The van der Waals surface area contributed by atoms with Gasteiger partial charge in [0.05, 0.1) is 5.52 Å². The molecule has 1 heterocycles. The van der Waals surface area contributed by atoms with Crippen LogP contribution in [0.1, 0.15) is 0 Å². The summed E-state index contributed by atoms with van der Waals surface area (Å²) in [4.78, 5) is 4.29. The van der Waals surface area contributed by atoms with Crippen molar-refractivity contribution < 1.29 is 10.0 Å². The molecule has 2 N–H and O–H groups in total. The molecule has 0 bridgehead atoms. The lowest BCUT2D eigenvalue weighted by Gasteiger charge is -2.05. The van der Waals surface area contributed by atoms with Crippen LogP contribution < -0.4 is 5.46 Å². The van der Waals surface area contributed by atoms with Crippen LogP contribution in [-0.4, -0.2) is 22.2 Å².